The van der Waals surface area contributed by atoms with Gasteiger partial charge in [0.25, 0.3) is 0 Å². The number of hydrogen-bond donors (Lipinski definition) is 1. The minimum absolute atomic E-state index is 0.589. The molecule has 100 valence electrons. The normalized spacial score (nSPS) is 21.4. The SMILES string of the molecule is CCCC(c1ccccc1)N(CC)C1CCNC1. The smallest absolute Gasteiger partial charge is 0.0351 e. The topological polar surface area (TPSA) is 15.3 Å². The summed E-state index contributed by atoms with van der Waals surface area (Å²) in [5, 5.41) is 3.49. The van der Waals surface area contributed by atoms with Crippen LogP contribution >= 0.6 is 0 Å². The first-order chi connectivity index (χ1) is 8.86. The van der Waals surface area contributed by atoms with Crippen LogP contribution in [0.1, 0.15) is 44.7 Å². The Bertz CT molecular complexity index is 330. The third-order valence-electron chi connectivity index (χ3n) is 4.02. The first-order valence-corrected chi connectivity index (χ1v) is 7.38. The maximum absolute atomic E-state index is 3.49. The van der Waals surface area contributed by atoms with Crippen molar-refractivity contribution in [3.8, 4) is 0 Å². The van der Waals surface area contributed by atoms with Gasteiger partial charge in [0.15, 0.2) is 0 Å². The van der Waals surface area contributed by atoms with Crippen molar-refractivity contribution < 1.29 is 0 Å². The molecule has 0 bridgehead atoms. The average Bonchev–Trinajstić information content (AvgIpc) is 2.94. The van der Waals surface area contributed by atoms with Crippen LogP contribution in [0.25, 0.3) is 0 Å². The van der Waals surface area contributed by atoms with Gasteiger partial charge in [-0.05, 0) is 31.5 Å². The monoisotopic (exact) mass is 246 g/mol. The Hall–Kier alpha value is -0.860. The van der Waals surface area contributed by atoms with Crippen molar-refractivity contribution in [1.29, 1.82) is 0 Å². The quantitative estimate of drug-likeness (QED) is 0.829. The maximum Gasteiger partial charge on any atom is 0.0351 e. The third kappa shape index (κ3) is 3.12. The molecule has 1 heterocycles. The molecule has 1 saturated heterocycles. The Morgan fingerprint density at radius 3 is 2.61 bits per heavy atom. The zero-order chi connectivity index (χ0) is 12.8. The van der Waals surface area contributed by atoms with Crippen LogP contribution in [0, 0.1) is 0 Å². The van der Waals surface area contributed by atoms with E-state index in [-0.39, 0.29) is 0 Å². The highest BCUT2D eigenvalue weighted by Gasteiger charge is 2.27. The summed E-state index contributed by atoms with van der Waals surface area (Å²) in [5.74, 6) is 0. The molecule has 18 heavy (non-hydrogen) atoms. The minimum Gasteiger partial charge on any atom is -0.315 e. The molecule has 2 nitrogen and oxygen atoms in total. The fourth-order valence-corrected chi connectivity index (χ4v) is 3.13. The highest BCUT2D eigenvalue weighted by molar-refractivity contribution is 5.19. The van der Waals surface area contributed by atoms with Gasteiger partial charge in [-0.15, -0.1) is 0 Å². The van der Waals surface area contributed by atoms with Crippen molar-refractivity contribution in [3.05, 3.63) is 35.9 Å². The van der Waals surface area contributed by atoms with Crippen molar-refractivity contribution in [2.24, 2.45) is 0 Å². The lowest BCUT2D eigenvalue weighted by atomic mass is 9.98. The molecule has 1 aliphatic heterocycles. The molecule has 1 N–H and O–H groups in total. The van der Waals surface area contributed by atoms with Crippen molar-refractivity contribution in [2.45, 2.75) is 45.2 Å². The zero-order valence-corrected chi connectivity index (χ0v) is 11.7. The fourth-order valence-electron chi connectivity index (χ4n) is 3.13. The summed E-state index contributed by atoms with van der Waals surface area (Å²) in [6.45, 7) is 8.06. The van der Waals surface area contributed by atoms with Crippen LogP contribution in [0.15, 0.2) is 30.3 Å². The van der Waals surface area contributed by atoms with E-state index in [1.807, 2.05) is 0 Å². The maximum atomic E-state index is 3.49. The summed E-state index contributed by atoms with van der Waals surface area (Å²) in [6.07, 6.45) is 3.80. The second-order valence-electron chi connectivity index (χ2n) is 5.19. The summed E-state index contributed by atoms with van der Waals surface area (Å²) in [5.41, 5.74) is 1.48. The van der Waals surface area contributed by atoms with Crippen LogP contribution in [-0.2, 0) is 0 Å². The lowest BCUT2D eigenvalue weighted by molar-refractivity contribution is 0.142. The standard InChI is InChI=1S/C16H26N2/c1-3-8-16(14-9-6-5-7-10-14)18(4-2)15-11-12-17-13-15/h5-7,9-10,15-17H,3-4,8,11-13H2,1-2H3. The average molecular weight is 246 g/mol. The van der Waals surface area contributed by atoms with Gasteiger partial charge in [0, 0.05) is 18.6 Å². The second-order valence-corrected chi connectivity index (χ2v) is 5.19. The van der Waals surface area contributed by atoms with Crippen molar-refractivity contribution in [3.63, 3.8) is 0 Å². The third-order valence-corrected chi connectivity index (χ3v) is 4.02. The van der Waals surface area contributed by atoms with Gasteiger partial charge in [-0.3, -0.25) is 4.90 Å². The van der Waals surface area contributed by atoms with Crippen molar-refractivity contribution in [1.82, 2.24) is 10.2 Å². The Morgan fingerprint density at radius 2 is 2.06 bits per heavy atom. The van der Waals surface area contributed by atoms with Gasteiger partial charge in [-0.2, -0.15) is 0 Å². The van der Waals surface area contributed by atoms with Gasteiger partial charge in [0.05, 0.1) is 0 Å². The van der Waals surface area contributed by atoms with E-state index in [1.54, 1.807) is 0 Å². The van der Waals surface area contributed by atoms with Gasteiger partial charge >= 0.3 is 0 Å². The molecule has 1 fully saturated rings. The Morgan fingerprint density at radius 1 is 1.28 bits per heavy atom. The molecule has 2 unspecified atom stereocenters. The van der Waals surface area contributed by atoms with Crippen LogP contribution in [0.4, 0.5) is 0 Å². The van der Waals surface area contributed by atoms with Crippen LogP contribution in [0.2, 0.25) is 0 Å². The first kappa shape index (κ1) is 13.6. The predicted octanol–water partition coefficient (Wildman–Crippen LogP) is 3.21. The summed E-state index contributed by atoms with van der Waals surface area (Å²) < 4.78 is 0. The molecule has 0 aliphatic carbocycles. The van der Waals surface area contributed by atoms with Crippen LogP contribution in [0.5, 0.6) is 0 Å². The summed E-state index contributed by atoms with van der Waals surface area (Å²) in [6, 6.07) is 12.3. The van der Waals surface area contributed by atoms with Crippen LogP contribution in [0.3, 0.4) is 0 Å². The molecule has 1 aromatic rings. The van der Waals surface area contributed by atoms with Gasteiger partial charge in [-0.1, -0.05) is 50.6 Å². The Balaban J connectivity index is 2.16. The van der Waals surface area contributed by atoms with Gasteiger partial charge in [0.1, 0.15) is 0 Å². The largest absolute Gasteiger partial charge is 0.315 e. The molecule has 1 aromatic carbocycles. The molecule has 1 aliphatic rings. The highest BCUT2D eigenvalue weighted by Crippen LogP contribution is 2.28. The van der Waals surface area contributed by atoms with Gasteiger partial charge in [-0.25, -0.2) is 0 Å². The van der Waals surface area contributed by atoms with Gasteiger partial charge < -0.3 is 5.32 Å². The molecule has 0 spiro atoms. The molecule has 0 radical (unpaired) electrons. The number of hydrogen-bond acceptors (Lipinski definition) is 2. The van der Waals surface area contributed by atoms with E-state index < -0.39 is 0 Å². The number of rotatable bonds is 6. The lowest BCUT2D eigenvalue weighted by Gasteiger charge is -2.35. The molecule has 2 rings (SSSR count). The van der Waals surface area contributed by atoms with Gasteiger partial charge in [0.2, 0.25) is 0 Å². The first-order valence-electron chi connectivity index (χ1n) is 7.38. The predicted molar refractivity (Wildman–Crippen MR) is 77.7 cm³/mol. The van der Waals surface area contributed by atoms with E-state index in [0.717, 1.165) is 13.1 Å². The number of benzene rings is 1. The fraction of sp³-hybridized carbons (Fsp3) is 0.625. The van der Waals surface area contributed by atoms with E-state index in [1.165, 1.54) is 31.4 Å². The van der Waals surface area contributed by atoms with Crippen molar-refractivity contribution in [2.75, 3.05) is 19.6 Å². The van der Waals surface area contributed by atoms with Crippen molar-refractivity contribution >= 4 is 0 Å². The minimum atomic E-state index is 0.589. The number of nitrogens with zero attached hydrogens (tertiary/aromatic N) is 1. The van der Waals surface area contributed by atoms with E-state index in [4.69, 9.17) is 0 Å². The van der Waals surface area contributed by atoms with E-state index >= 15 is 0 Å². The molecule has 0 aromatic heterocycles. The molecule has 2 heteroatoms. The molecule has 2 atom stereocenters. The molecule has 0 amide bonds. The van der Waals surface area contributed by atoms with Crippen LogP contribution in [-0.4, -0.2) is 30.6 Å². The molecular formula is C16H26N2. The number of likely N-dealkylation sites (N-methyl/N-ethyl adjacent to an activating group) is 1. The summed E-state index contributed by atoms with van der Waals surface area (Å²) in [4.78, 5) is 2.69. The summed E-state index contributed by atoms with van der Waals surface area (Å²) >= 11 is 0. The highest BCUT2D eigenvalue weighted by atomic mass is 15.2. The zero-order valence-electron chi connectivity index (χ0n) is 11.7. The summed E-state index contributed by atoms with van der Waals surface area (Å²) in [7, 11) is 0. The van der Waals surface area contributed by atoms with E-state index in [0.29, 0.717) is 12.1 Å². The Kier molecular flexibility index (Phi) is 5.21. The second kappa shape index (κ2) is 6.91. The van der Waals surface area contributed by atoms with Crippen LogP contribution < -0.4 is 5.32 Å². The Labute approximate surface area is 111 Å². The molecule has 0 saturated carbocycles. The number of nitrogens with one attached hydrogen (secondary N) is 1. The van der Waals surface area contributed by atoms with E-state index in [2.05, 4.69) is 54.4 Å². The van der Waals surface area contributed by atoms with E-state index in [9.17, 15) is 0 Å². The lowest BCUT2D eigenvalue weighted by Crippen LogP contribution is -2.39. The molecular weight excluding hydrogens is 220 g/mol.